The van der Waals surface area contributed by atoms with E-state index in [0.29, 0.717) is 12.4 Å². The highest BCUT2D eigenvalue weighted by atomic mass is 35.5. The number of hydrogen-bond donors (Lipinski definition) is 1. The van der Waals surface area contributed by atoms with Crippen LogP contribution in [-0.4, -0.2) is 9.67 Å². The third-order valence-corrected chi connectivity index (χ3v) is 3.54. The predicted octanol–water partition coefficient (Wildman–Crippen LogP) is 4.12. The van der Waals surface area contributed by atoms with Gasteiger partial charge in [-0.1, -0.05) is 17.7 Å². The number of aromatic nitrogens is 1. The Balaban J connectivity index is 1.86. The molecule has 0 aliphatic carbocycles. The molecule has 0 atom stereocenters. The molecule has 0 bridgehead atoms. The fourth-order valence-electron chi connectivity index (χ4n) is 2.25. The zero-order valence-corrected chi connectivity index (χ0v) is 11.8. The minimum atomic E-state index is 0.200. The average Bonchev–Trinajstić information content (AvgIpc) is 2.72. The molecule has 3 rings (SSSR count). The summed E-state index contributed by atoms with van der Waals surface area (Å²) < 4.78 is 7.78. The topological polar surface area (TPSA) is 34.4 Å². The summed E-state index contributed by atoms with van der Waals surface area (Å²) >= 11 is 6.00. The van der Waals surface area contributed by atoms with E-state index in [9.17, 15) is 5.11 Å². The van der Waals surface area contributed by atoms with Crippen molar-refractivity contribution in [3.05, 3.63) is 59.2 Å². The molecular formula is C16H14ClNO2. The monoisotopic (exact) mass is 287 g/mol. The summed E-state index contributed by atoms with van der Waals surface area (Å²) in [5.74, 6) is 0.847. The molecule has 0 amide bonds. The van der Waals surface area contributed by atoms with Gasteiger partial charge in [-0.05, 0) is 36.4 Å². The van der Waals surface area contributed by atoms with E-state index in [0.717, 1.165) is 21.6 Å². The number of halogens is 1. The highest BCUT2D eigenvalue weighted by molar-refractivity contribution is 6.31. The Morgan fingerprint density at radius 3 is 2.80 bits per heavy atom. The van der Waals surface area contributed by atoms with Crippen molar-refractivity contribution < 1.29 is 9.84 Å². The molecule has 102 valence electrons. The molecule has 0 saturated heterocycles. The molecule has 3 nitrogen and oxygen atoms in total. The van der Waals surface area contributed by atoms with Gasteiger partial charge in [-0.15, -0.1) is 0 Å². The number of aromatic hydroxyl groups is 1. The SMILES string of the molecule is Cn1c(COc2cccc(O)c2)cc2cc(Cl)ccc21. The van der Waals surface area contributed by atoms with Crippen molar-refractivity contribution >= 4 is 22.5 Å². The Bertz CT molecular complexity index is 764. The number of phenols is 1. The van der Waals surface area contributed by atoms with Crippen molar-refractivity contribution in [2.24, 2.45) is 7.05 Å². The summed E-state index contributed by atoms with van der Waals surface area (Å²) in [5.41, 5.74) is 2.16. The number of fused-ring (bicyclic) bond motifs is 1. The summed E-state index contributed by atoms with van der Waals surface area (Å²) in [5, 5.41) is 11.2. The molecule has 0 unspecified atom stereocenters. The number of benzene rings is 2. The number of aryl methyl sites for hydroxylation is 1. The number of nitrogens with zero attached hydrogens (tertiary/aromatic N) is 1. The van der Waals surface area contributed by atoms with Crippen molar-refractivity contribution in [1.82, 2.24) is 4.57 Å². The van der Waals surface area contributed by atoms with Gasteiger partial charge in [0.1, 0.15) is 18.1 Å². The van der Waals surface area contributed by atoms with Crippen LogP contribution in [0.3, 0.4) is 0 Å². The van der Waals surface area contributed by atoms with Crippen molar-refractivity contribution in [1.29, 1.82) is 0 Å². The minimum Gasteiger partial charge on any atom is -0.508 e. The molecule has 3 aromatic rings. The lowest BCUT2D eigenvalue weighted by Gasteiger charge is -2.07. The normalized spacial score (nSPS) is 10.9. The molecule has 0 radical (unpaired) electrons. The second kappa shape index (κ2) is 5.10. The van der Waals surface area contributed by atoms with Gasteiger partial charge in [-0.3, -0.25) is 0 Å². The Morgan fingerprint density at radius 2 is 2.00 bits per heavy atom. The van der Waals surface area contributed by atoms with Crippen LogP contribution < -0.4 is 4.74 Å². The number of ether oxygens (including phenoxy) is 1. The summed E-state index contributed by atoms with van der Waals surface area (Å²) in [6.07, 6.45) is 0. The van der Waals surface area contributed by atoms with E-state index in [1.807, 2.05) is 31.3 Å². The van der Waals surface area contributed by atoms with E-state index in [4.69, 9.17) is 16.3 Å². The number of rotatable bonds is 3. The maximum atomic E-state index is 9.41. The van der Waals surface area contributed by atoms with Crippen LogP contribution in [0.5, 0.6) is 11.5 Å². The number of phenolic OH excluding ortho intramolecular Hbond substituents is 1. The van der Waals surface area contributed by atoms with Crippen LogP contribution in [-0.2, 0) is 13.7 Å². The Hall–Kier alpha value is -2.13. The second-order valence-electron chi connectivity index (χ2n) is 4.68. The smallest absolute Gasteiger partial charge is 0.128 e. The zero-order valence-electron chi connectivity index (χ0n) is 11.0. The summed E-state index contributed by atoms with van der Waals surface area (Å²) in [6.45, 7) is 0.437. The fraction of sp³-hybridized carbons (Fsp3) is 0.125. The van der Waals surface area contributed by atoms with Crippen molar-refractivity contribution in [2.75, 3.05) is 0 Å². The Morgan fingerprint density at radius 1 is 1.15 bits per heavy atom. The van der Waals surface area contributed by atoms with Crippen molar-refractivity contribution in [3.8, 4) is 11.5 Å². The van der Waals surface area contributed by atoms with E-state index in [1.54, 1.807) is 18.2 Å². The third kappa shape index (κ3) is 2.45. The van der Waals surface area contributed by atoms with Crippen LogP contribution in [0, 0.1) is 0 Å². The summed E-state index contributed by atoms with van der Waals surface area (Å²) in [4.78, 5) is 0. The lowest BCUT2D eigenvalue weighted by molar-refractivity contribution is 0.296. The molecule has 0 aliphatic heterocycles. The van der Waals surface area contributed by atoms with Crippen LogP contribution in [0.25, 0.3) is 10.9 Å². The van der Waals surface area contributed by atoms with Crippen LogP contribution in [0.2, 0.25) is 5.02 Å². The van der Waals surface area contributed by atoms with Gasteiger partial charge in [0, 0.05) is 29.0 Å². The van der Waals surface area contributed by atoms with Gasteiger partial charge in [0.15, 0.2) is 0 Å². The highest BCUT2D eigenvalue weighted by Gasteiger charge is 2.07. The van der Waals surface area contributed by atoms with E-state index in [-0.39, 0.29) is 5.75 Å². The molecule has 1 heterocycles. The van der Waals surface area contributed by atoms with Gasteiger partial charge in [0.05, 0.1) is 5.69 Å². The first-order valence-electron chi connectivity index (χ1n) is 6.29. The van der Waals surface area contributed by atoms with Gasteiger partial charge in [0.2, 0.25) is 0 Å². The maximum absolute atomic E-state index is 9.41. The van der Waals surface area contributed by atoms with Gasteiger partial charge >= 0.3 is 0 Å². The first-order chi connectivity index (χ1) is 9.63. The van der Waals surface area contributed by atoms with E-state index in [1.165, 1.54) is 0 Å². The molecule has 4 heteroatoms. The van der Waals surface area contributed by atoms with Gasteiger partial charge < -0.3 is 14.4 Å². The minimum absolute atomic E-state index is 0.200. The summed E-state index contributed by atoms with van der Waals surface area (Å²) in [7, 11) is 2.00. The molecule has 20 heavy (non-hydrogen) atoms. The average molecular weight is 288 g/mol. The Labute approximate surface area is 122 Å². The van der Waals surface area contributed by atoms with Crippen LogP contribution in [0.4, 0.5) is 0 Å². The van der Waals surface area contributed by atoms with E-state index in [2.05, 4.69) is 10.6 Å². The summed E-state index contributed by atoms with van der Waals surface area (Å²) in [6, 6.07) is 14.7. The van der Waals surface area contributed by atoms with Gasteiger partial charge in [-0.25, -0.2) is 0 Å². The zero-order chi connectivity index (χ0) is 14.1. The molecule has 0 saturated carbocycles. The second-order valence-corrected chi connectivity index (χ2v) is 5.12. The maximum Gasteiger partial charge on any atom is 0.128 e. The Kier molecular flexibility index (Phi) is 3.28. The molecular weight excluding hydrogens is 274 g/mol. The molecule has 0 aliphatic rings. The lowest BCUT2D eigenvalue weighted by Crippen LogP contribution is -2.01. The highest BCUT2D eigenvalue weighted by Crippen LogP contribution is 2.24. The van der Waals surface area contributed by atoms with Crippen LogP contribution in [0.1, 0.15) is 5.69 Å². The largest absolute Gasteiger partial charge is 0.508 e. The number of hydrogen-bond acceptors (Lipinski definition) is 2. The molecule has 1 aromatic heterocycles. The molecule has 0 spiro atoms. The predicted molar refractivity (Wildman–Crippen MR) is 80.4 cm³/mol. The molecule has 1 N–H and O–H groups in total. The van der Waals surface area contributed by atoms with Crippen LogP contribution >= 0.6 is 11.6 Å². The van der Waals surface area contributed by atoms with Crippen molar-refractivity contribution in [2.45, 2.75) is 6.61 Å². The quantitative estimate of drug-likeness (QED) is 0.786. The molecule has 0 fully saturated rings. The first kappa shape index (κ1) is 12.9. The van der Waals surface area contributed by atoms with Crippen LogP contribution in [0.15, 0.2) is 48.5 Å². The van der Waals surface area contributed by atoms with Crippen molar-refractivity contribution in [3.63, 3.8) is 0 Å². The third-order valence-electron chi connectivity index (χ3n) is 3.31. The molecule has 2 aromatic carbocycles. The lowest BCUT2D eigenvalue weighted by atomic mass is 10.2. The first-order valence-corrected chi connectivity index (χ1v) is 6.67. The standard InChI is InChI=1S/C16H14ClNO2/c1-18-13(8-11-7-12(17)5-6-16(11)18)10-20-15-4-2-3-14(19)9-15/h2-9,19H,10H2,1H3. The fourth-order valence-corrected chi connectivity index (χ4v) is 2.43. The van der Waals surface area contributed by atoms with Gasteiger partial charge in [-0.2, -0.15) is 0 Å². The van der Waals surface area contributed by atoms with E-state index >= 15 is 0 Å². The van der Waals surface area contributed by atoms with Gasteiger partial charge in [0.25, 0.3) is 0 Å². The van der Waals surface area contributed by atoms with E-state index < -0.39 is 0 Å².